The molecule has 66 heavy (non-hydrogen) atoms. The lowest BCUT2D eigenvalue weighted by molar-refractivity contribution is 0.632. The van der Waals surface area contributed by atoms with Gasteiger partial charge in [0, 0.05) is 27.5 Å². The van der Waals surface area contributed by atoms with Gasteiger partial charge in [-0.05, 0) is 94.0 Å². The van der Waals surface area contributed by atoms with Gasteiger partial charge in [-0.25, -0.2) is 15.0 Å². The van der Waals surface area contributed by atoms with E-state index in [2.05, 4.69) is 165 Å². The Morgan fingerprint density at radius 1 is 0.364 bits per heavy atom. The van der Waals surface area contributed by atoms with Gasteiger partial charge in [-0.3, -0.25) is 0 Å². The molecule has 7 nitrogen and oxygen atoms in total. The van der Waals surface area contributed by atoms with E-state index in [0.717, 1.165) is 61.9 Å². The van der Waals surface area contributed by atoms with Gasteiger partial charge in [-0.2, -0.15) is 10.5 Å². The average Bonchev–Trinajstić information content (AvgIpc) is 3.36. The Kier molecular flexibility index (Phi) is 9.46. The predicted octanol–water partition coefficient (Wildman–Crippen LogP) is 14.5. The quantitative estimate of drug-likeness (QED) is 0.164. The maximum atomic E-state index is 10.4. The first-order chi connectivity index (χ1) is 32.2. The molecule has 0 spiro atoms. The summed E-state index contributed by atoms with van der Waals surface area (Å²) in [6, 6.07) is 68.8. The Balaban J connectivity index is 1.20. The summed E-state index contributed by atoms with van der Waals surface area (Å²) in [6.07, 6.45) is 0. The summed E-state index contributed by atoms with van der Waals surface area (Å²) >= 11 is 0. The highest BCUT2D eigenvalue weighted by atomic mass is 15.2. The molecule has 0 amide bonds. The summed E-state index contributed by atoms with van der Waals surface area (Å²) in [5.41, 5.74) is 15.1. The minimum atomic E-state index is -0.289. The molecule has 314 valence electrons. The summed E-state index contributed by atoms with van der Waals surface area (Å²) in [5.74, 6) is 1.45. The van der Waals surface area contributed by atoms with Crippen LogP contribution in [0.5, 0.6) is 0 Å². The number of nitriles is 2. The third-order valence-corrected chi connectivity index (χ3v) is 13.4. The van der Waals surface area contributed by atoms with Gasteiger partial charge >= 0.3 is 0 Å². The van der Waals surface area contributed by atoms with Crippen LogP contribution in [-0.2, 0) is 10.8 Å². The fourth-order valence-electron chi connectivity index (χ4n) is 10.1. The zero-order chi connectivity index (χ0) is 45.2. The van der Waals surface area contributed by atoms with E-state index in [9.17, 15) is 10.5 Å². The lowest BCUT2D eigenvalue weighted by Crippen LogP contribution is -2.30. The first-order valence-electron chi connectivity index (χ1n) is 22.2. The van der Waals surface area contributed by atoms with E-state index in [0.29, 0.717) is 28.6 Å². The lowest BCUT2D eigenvalue weighted by atomic mass is 9.73. The minimum absolute atomic E-state index is 0.283. The van der Waals surface area contributed by atoms with Gasteiger partial charge in [0.25, 0.3) is 0 Å². The van der Waals surface area contributed by atoms with Crippen LogP contribution in [0.4, 0.5) is 34.1 Å². The van der Waals surface area contributed by atoms with Crippen molar-refractivity contribution in [1.82, 2.24) is 15.0 Å². The molecule has 0 saturated heterocycles. The third-order valence-electron chi connectivity index (χ3n) is 13.4. The Hall–Kier alpha value is -8.65. The van der Waals surface area contributed by atoms with Crippen LogP contribution in [0.25, 0.3) is 45.3 Å². The highest BCUT2D eigenvalue weighted by molar-refractivity contribution is 5.96. The zero-order valence-electron chi connectivity index (χ0n) is 37.0. The number of nitrogens with zero attached hydrogens (tertiary/aromatic N) is 7. The molecular weight excluding hydrogens is 807 g/mol. The van der Waals surface area contributed by atoms with Crippen LogP contribution in [0.2, 0.25) is 0 Å². The van der Waals surface area contributed by atoms with E-state index in [4.69, 9.17) is 15.0 Å². The van der Waals surface area contributed by atoms with Gasteiger partial charge < -0.3 is 9.80 Å². The first-order valence-corrected chi connectivity index (χ1v) is 22.2. The maximum Gasteiger partial charge on any atom is 0.166 e. The van der Waals surface area contributed by atoms with Crippen LogP contribution in [0.15, 0.2) is 188 Å². The monoisotopic (exact) mass is 849 g/mol. The van der Waals surface area contributed by atoms with Gasteiger partial charge in [0.2, 0.25) is 0 Å². The summed E-state index contributed by atoms with van der Waals surface area (Å²) in [5, 5.41) is 20.7. The smallest absolute Gasteiger partial charge is 0.166 e. The molecular formula is C59H43N7. The third kappa shape index (κ3) is 6.36. The molecule has 0 saturated carbocycles. The second-order valence-corrected chi connectivity index (χ2v) is 17.9. The van der Waals surface area contributed by atoms with E-state index in [1.165, 1.54) is 22.3 Å². The second kappa shape index (κ2) is 15.6. The highest BCUT2D eigenvalue weighted by Crippen LogP contribution is 2.55. The SMILES string of the molecule is CC1(C)c2ccccc2N(c2cc(C#N)ccc2-c2nc(-c3ccccc3)nc(-c3ccc(-c4ccccc4C#N)cc3N3c4ccccc4C(C)(C)c4ccccc43)n2)c2ccccc21. The minimum Gasteiger partial charge on any atom is -0.309 e. The Morgan fingerprint density at radius 3 is 1.29 bits per heavy atom. The van der Waals surface area contributed by atoms with Crippen LogP contribution >= 0.6 is 0 Å². The fraction of sp³-hybridized carbons (Fsp3) is 0.102. The standard InChI is InChI=1S/C59H43N7/c1-58(2)45-22-10-14-26-49(45)65(50-27-15-11-23-46(50)58)53-34-38(36-60)30-32-43(53)56-62-55(39-18-6-5-7-19-39)63-57(64-56)44-33-31-40(42-21-9-8-20-41(42)37-61)35-54(44)66-51-28-16-12-24-47(51)59(3,4)48-25-13-17-29-52(48)66/h5-35H,1-4H3. The number of hydrogen-bond donors (Lipinski definition) is 0. The molecule has 7 heteroatoms. The van der Waals surface area contributed by atoms with Crippen molar-refractivity contribution in [3.63, 3.8) is 0 Å². The van der Waals surface area contributed by atoms with Crippen molar-refractivity contribution in [2.24, 2.45) is 0 Å². The molecule has 1 aromatic heterocycles. The van der Waals surface area contributed by atoms with Gasteiger partial charge in [0.05, 0.1) is 57.4 Å². The molecule has 0 radical (unpaired) electrons. The van der Waals surface area contributed by atoms with Gasteiger partial charge in [-0.1, -0.05) is 155 Å². The van der Waals surface area contributed by atoms with Crippen LogP contribution in [-0.4, -0.2) is 15.0 Å². The molecule has 2 aliphatic rings. The zero-order valence-corrected chi connectivity index (χ0v) is 37.0. The molecule has 8 aromatic carbocycles. The molecule has 3 heterocycles. The molecule has 0 N–H and O–H groups in total. The Bertz CT molecular complexity index is 3380. The maximum absolute atomic E-state index is 10.4. The van der Waals surface area contributed by atoms with Crippen molar-refractivity contribution in [1.29, 1.82) is 10.5 Å². The van der Waals surface area contributed by atoms with E-state index < -0.39 is 0 Å². The average molecular weight is 850 g/mol. The number of aromatic nitrogens is 3. The van der Waals surface area contributed by atoms with Gasteiger partial charge in [0.15, 0.2) is 17.5 Å². The van der Waals surface area contributed by atoms with Crippen molar-refractivity contribution in [3.05, 3.63) is 221 Å². The molecule has 2 aliphatic heterocycles. The molecule has 0 bridgehead atoms. The van der Waals surface area contributed by atoms with Crippen LogP contribution in [0.3, 0.4) is 0 Å². The first kappa shape index (κ1) is 40.1. The molecule has 9 aromatic rings. The van der Waals surface area contributed by atoms with Crippen LogP contribution in [0, 0.1) is 22.7 Å². The van der Waals surface area contributed by atoms with Crippen molar-refractivity contribution in [2.45, 2.75) is 38.5 Å². The van der Waals surface area contributed by atoms with Crippen molar-refractivity contribution in [2.75, 3.05) is 9.80 Å². The van der Waals surface area contributed by atoms with Crippen LogP contribution < -0.4 is 9.80 Å². The number of rotatable bonds is 6. The van der Waals surface area contributed by atoms with E-state index in [1.807, 2.05) is 72.8 Å². The van der Waals surface area contributed by atoms with E-state index in [1.54, 1.807) is 0 Å². The highest BCUT2D eigenvalue weighted by Gasteiger charge is 2.39. The van der Waals surface area contributed by atoms with Gasteiger partial charge in [0.1, 0.15) is 0 Å². The second-order valence-electron chi connectivity index (χ2n) is 17.9. The molecule has 0 atom stereocenters. The number of hydrogen-bond acceptors (Lipinski definition) is 7. The predicted molar refractivity (Wildman–Crippen MR) is 265 cm³/mol. The topological polar surface area (TPSA) is 92.7 Å². The summed E-state index contributed by atoms with van der Waals surface area (Å²) < 4.78 is 0. The summed E-state index contributed by atoms with van der Waals surface area (Å²) in [7, 11) is 0. The molecule has 0 aliphatic carbocycles. The number of fused-ring (bicyclic) bond motifs is 4. The molecule has 0 fully saturated rings. The number of benzene rings is 8. The van der Waals surface area contributed by atoms with E-state index >= 15 is 0 Å². The van der Waals surface area contributed by atoms with Crippen molar-refractivity contribution < 1.29 is 0 Å². The normalized spacial score (nSPS) is 13.9. The fourth-order valence-corrected chi connectivity index (χ4v) is 10.1. The Labute approximate surface area is 385 Å². The lowest BCUT2D eigenvalue weighted by Gasteiger charge is -2.42. The van der Waals surface area contributed by atoms with Crippen molar-refractivity contribution >= 4 is 34.1 Å². The number of para-hydroxylation sites is 4. The number of anilines is 6. The molecule has 0 unspecified atom stereocenters. The largest absolute Gasteiger partial charge is 0.309 e. The summed E-state index contributed by atoms with van der Waals surface area (Å²) in [4.78, 5) is 20.7. The van der Waals surface area contributed by atoms with Crippen molar-refractivity contribution in [3.8, 4) is 57.4 Å². The van der Waals surface area contributed by atoms with E-state index in [-0.39, 0.29) is 10.8 Å². The van der Waals surface area contributed by atoms with Gasteiger partial charge in [-0.15, -0.1) is 0 Å². The summed E-state index contributed by atoms with van der Waals surface area (Å²) in [6.45, 7) is 9.09. The Morgan fingerprint density at radius 2 is 0.788 bits per heavy atom. The van der Waals surface area contributed by atoms with Crippen LogP contribution in [0.1, 0.15) is 61.1 Å². The molecule has 11 rings (SSSR count).